The van der Waals surface area contributed by atoms with Crippen molar-refractivity contribution in [2.45, 2.75) is 19.3 Å². The van der Waals surface area contributed by atoms with Crippen molar-refractivity contribution in [2.24, 2.45) is 0 Å². The normalized spacial score (nSPS) is 11.0. The topological polar surface area (TPSA) is 62.4 Å². The van der Waals surface area contributed by atoms with Crippen LogP contribution in [-0.4, -0.2) is 42.8 Å². The number of aldehydes is 1. The van der Waals surface area contributed by atoms with Gasteiger partial charge in [-0.25, -0.2) is 0 Å². The molecule has 0 radical (unpaired) electrons. The van der Waals surface area contributed by atoms with Gasteiger partial charge < -0.3 is 19.4 Å². The number of esters is 1. The molecule has 0 atom stereocenters. The number of hydrogen-bond acceptors (Lipinski definition) is 4. The smallest absolute Gasteiger partial charge is 0.311 e. The molecule has 1 heterocycles. The highest BCUT2D eigenvalue weighted by molar-refractivity contribution is 5.85. The first-order chi connectivity index (χ1) is 10.1. The number of benzene rings is 1. The number of ether oxygens (including phenoxy) is 1. The van der Waals surface area contributed by atoms with Crippen molar-refractivity contribution in [2.75, 3.05) is 20.6 Å². The standard InChI is InChI=1S/C16H20N2O3/c1-18(2)8-7-12-11-17-15-6-5-13(10-14(12)15)21-16(20)4-3-9-19/h5-6,9-11,17H,3-4,7-8H2,1-2H3. The Morgan fingerprint density at radius 1 is 1.38 bits per heavy atom. The number of likely N-dealkylation sites (N-methyl/N-ethyl adjacent to an activating group) is 1. The number of fused-ring (bicyclic) bond motifs is 1. The molecule has 5 heteroatoms. The van der Waals surface area contributed by atoms with Crippen LogP contribution in [0.1, 0.15) is 18.4 Å². The van der Waals surface area contributed by atoms with Gasteiger partial charge in [-0.15, -0.1) is 0 Å². The Kier molecular flexibility index (Phi) is 5.11. The van der Waals surface area contributed by atoms with E-state index in [1.165, 1.54) is 5.56 Å². The van der Waals surface area contributed by atoms with Crippen molar-refractivity contribution in [1.82, 2.24) is 9.88 Å². The third kappa shape index (κ3) is 4.16. The Bertz CT molecular complexity index is 631. The number of hydrogen-bond donors (Lipinski definition) is 1. The molecule has 1 aromatic heterocycles. The molecular weight excluding hydrogens is 268 g/mol. The molecular formula is C16H20N2O3. The predicted molar refractivity (Wildman–Crippen MR) is 81.5 cm³/mol. The Labute approximate surface area is 123 Å². The second kappa shape index (κ2) is 7.04. The number of nitrogens with one attached hydrogen (secondary N) is 1. The maximum atomic E-state index is 11.6. The lowest BCUT2D eigenvalue weighted by Gasteiger charge is -2.08. The lowest BCUT2D eigenvalue weighted by molar-refractivity contribution is -0.135. The zero-order valence-corrected chi connectivity index (χ0v) is 12.4. The van der Waals surface area contributed by atoms with Gasteiger partial charge in [0.05, 0.1) is 6.42 Å². The molecule has 21 heavy (non-hydrogen) atoms. The van der Waals surface area contributed by atoms with Crippen molar-refractivity contribution in [3.05, 3.63) is 30.0 Å². The van der Waals surface area contributed by atoms with Crippen LogP contribution in [0, 0.1) is 0 Å². The molecule has 0 saturated heterocycles. The van der Waals surface area contributed by atoms with Crippen molar-refractivity contribution >= 4 is 23.2 Å². The molecule has 0 bridgehead atoms. The number of rotatable bonds is 7. The Balaban J connectivity index is 2.13. The fourth-order valence-electron chi connectivity index (χ4n) is 2.13. The van der Waals surface area contributed by atoms with Crippen molar-refractivity contribution in [3.63, 3.8) is 0 Å². The van der Waals surface area contributed by atoms with Gasteiger partial charge in [0.1, 0.15) is 12.0 Å². The first-order valence-electron chi connectivity index (χ1n) is 6.99. The third-order valence-electron chi connectivity index (χ3n) is 3.27. The van der Waals surface area contributed by atoms with E-state index in [9.17, 15) is 9.59 Å². The summed E-state index contributed by atoms with van der Waals surface area (Å²) in [4.78, 5) is 27.2. The van der Waals surface area contributed by atoms with Gasteiger partial charge >= 0.3 is 5.97 Å². The number of aromatic amines is 1. The van der Waals surface area contributed by atoms with E-state index in [-0.39, 0.29) is 18.8 Å². The summed E-state index contributed by atoms with van der Waals surface area (Å²) >= 11 is 0. The van der Waals surface area contributed by atoms with E-state index in [4.69, 9.17) is 4.74 Å². The highest BCUT2D eigenvalue weighted by atomic mass is 16.5. The van der Waals surface area contributed by atoms with Gasteiger partial charge in [-0.05, 0) is 44.3 Å². The first kappa shape index (κ1) is 15.3. The summed E-state index contributed by atoms with van der Waals surface area (Å²) in [6.07, 6.45) is 3.94. The van der Waals surface area contributed by atoms with Crippen LogP contribution >= 0.6 is 0 Å². The predicted octanol–water partition coefficient (Wildman–Crippen LogP) is 2.16. The summed E-state index contributed by atoms with van der Waals surface area (Å²) in [7, 11) is 4.07. The van der Waals surface area contributed by atoms with Crippen LogP contribution in [0.15, 0.2) is 24.4 Å². The fourth-order valence-corrected chi connectivity index (χ4v) is 2.13. The number of aromatic nitrogens is 1. The summed E-state index contributed by atoms with van der Waals surface area (Å²) in [5, 5.41) is 1.07. The second-order valence-electron chi connectivity index (χ2n) is 5.25. The van der Waals surface area contributed by atoms with Gasteiger partial charge in [0.2, 0.25) is 0 Å². The Hall–Kier alpha value is -2.14. The molecule has 0 unspecified atom stereocenters. The van der Waals surface area contributed by atoms with Crippen LogP contribution in [-0.2, 0) is 16.0 Å². The molecule has 2 rings (SSSR count). The molecule has 0 fully saturated rings. The second-order valence-corrected chi connectivity index (χ2v) is 5.25. The molecule has 0 spiro atoms. The number of carbonyl (C=O) groups is 2. The monoisotopic (exact) mass is 288 g/mol. The maximum absolute atomic E-state index is 11.6. The SMILES string of the molecule is CN(C)CCc1c[nH]c2ccc(OC(=O)CCC=O)cc12. The number of carbonyl (C=O) groups excluding carboxylic acids is 2. The minimum absolute atomic E-state index is 0.113. The molecule has 0 aliphatic heterocycles. The minimum atomic E-state index is -0.383. The molecule has 5 nitrogen and oxygen atoms in total. The summed E-state index contributed by atoms with van der Waals surface area (Å²) in [5.41, 5.74) is 2.22. The molecule has 0 aliphatic carbocycles. The number of nitrogens with zero attached hydrogens (tertiary/aromatic N) is 1. The zero-order chi connectivity index (χ0) is 15.2. The van der Waals surface area contributed by atoms with Gasteiger partial charge in [0.25, 0.3) is 0 Å². The zero-order valence-electron chi connectivity index (χ0n) is 12.4. The summed E-state index contributed by atoms with van der Waals surface area (Å²) in [6, 6.07) is 5.53. The fraction of sp³-hybridized carbons (Fsp3) is 0.375. The van der Waals surface area contributed by atoms with E-state index in [2.05, 4.69) is 9.88 Å². The van der Waals surface area contributed by atoms with E-state index < -0.39 is 0 Å². The molecule has 0 amide bonds. The van der Waals surface area contributed by atoms with Crippen LogP contribution in [0.3, 0.4) is 0 Å². The third-order valence-corrected chi connectivity index (χ3v) is 3.27. The van der Waals surface area contributed by atoms with E-state index in [1.54, 1.807) is 6.07 Å². The average Bonchev–Trinajstić information content (AvgIpc) is 2.85. The highest BCUT2D eigenvalue weighted by Crippen LogP contribution is 2.24. The molecule has 1 aromatic carbocycles. The van der Waals surface area contributed by atoms with Gasteiger partial charge in [0.15, 0.2) is 0 Å². The van der Waals surface area contributed by atoms with Crippen molar-refractivity contribution < 1.29 is 14.3 Å². The van der Waals surface area contributed by atoms with Crippen molar-refractivity contribution in [3.8, 4) is 5.75 Å². The first-order valence-corrected chi connectivity index (χ1v) is 6.99. The molecule has 1 N–H and O–H groups in total. The lowest BCUT2D eigenvalue weighted by Crippen LogP contribution is -2.14. The van der Waals surface area contributed by atoms with Crippen LogP contribution < -0.4 is 4.74 Å². The van der Waals surface area contributed by atoms with Crippen LogP contribution in [0.2, 0.25) is 0 Å². The number of H-pyrrole nitrogens is 1. The maximum Gasteiger partial charge on any atom is 0.311 e. The van der Waals surface area contributed by atoms with Gasteiger partial charge in [-0.3, -0.25) is 4.79 Å². The van der Waals surface area contributed by atoms with Crippen LogP contribution in [0.5, 0.6) is 5.75 Å². The van der Waals surface area contributed by atoms with E-state index in [1.807, 2.05) is 32.4 Å². The van der Waals surface area contributed by atoms with E-state index in [0.29, 0.717) is 5.75 Å². The van der Waals surface area contributed by atoms with Gasteiger partial charge in [-0.2, -0.15) is 0 Å². The van der Waals surface area contributed by atoms with Gasteiger partial charge in [-0.1, -0.05) is 0 Å². The Morgan fingerprint density at radius 2 is 2.19 bits per heavy atom. The molecule has 112 valence electrons. The average molecular weight is 288 g/mol. The van der Waals surface area contributed by atoms with Crippen LogP contribution in [0.25, 0.3) is 10.9 Å². The van der Waals surface area contributed by atoms with E-state index >= 15 is 0 Å². The van der Waals surface area contributed by atoms with Crippen LogP contribution in [0.4, 0.5) is 0 Å². The van der Waals surface area contributed by atoms with Gasteiger partial charge in [0, 0.05) is 30.1 Å². The summed E-state index contributed by atoms with van der Waals surface area (Å²) in [5.74, 6) is 0.135. The lowest BCUT2D eigenvalue weighted by atomic mass is 10.1. The van der Waals surface area contributed by atoms with E-state index in [0.717, 1.165) is 30.2 Å². The molecule has 0 aliphatic rings. The largest absolute Gasteiger partial charge is 0.426 e. The quantitative estimate of drug-likeness (QED) is 0.482. The summed E-state index contributed by atoms with van der Waals surface area (Å²) in [6.45, 7) is 0.955. The Morgan fingerprint density at radius 3 is 2.90 bits per heavy atom. The van der Waals surface area contributed by atoms with Crippen molar-refractivity contribution in [1.29, 1.82) is 0 Å². The molecule has 0 saturated carbocycles. The summed E-state index contributed by atoms with van der Waals surface area (Å²) < 4.78 is 5.25. The molecule has 2 aromatic rings. The highest BCUT2D eigenvalue weighted by Gasteiger charge is 2.08. The minimum Gasteiger partial charge on any atom is -0.426 e.